The first-order chi connectivity index (χ1) is 18.9. The molecule has 2 bridgehead atoms. The van der Waals surface area contributed by atoms with Crippen molar-refractivity contribution in [3.63, 3.8) is 0 Å². The second-order valence-corrected chi connectivity index (χ2v) is 13.2. The Kier molecular flexibility index (Phi) is 7.79. The number of carbonyl (C=O) groups is 2. The summed E-state index contributed by atoms with van der Waals surface area (Å²) < 4.78 is 44.2. The monoisotopic (exact) mass is 571 g/mol. The van der Waals surface area contributed by atoms with Gasteiger partial charge in [-0.3, -0.25) is 4.79 Å². The van der Waals surface area contributed by atoms with E-state index in [0.717, 1.165) is 29.9 Å². The van der Waals surface area contributed by atoms with Crippen LogP contribution in [0.1, 0.15) is 61.0 Å². The molecule has 3 unspecified atom stereocenters. The van der Waals surface area contributed by atoms with Gasteiger partial charge in [-0.05, 0) is 74.1 Å². The summed E-state index contributed by atoms with van der Waals surface area (Å²) in [6.07, 6.45) is 0.280. The molecule has 0 radical (unpaired) electrons. The van der Waals surface area contributed by atoms with Crippen molar-refractivity contribution in [2.75, 3.05) is 0 Å². The molecule has 2 aliphatic carbocycles. The molecule has 212 valence electrons. The molecule has 5 nitrogen and oxygen atoms in total. The average Bonchev–Trinajstić information content (AvgIpc) is 3.52. The smallest absolute Gasteiger partial charge is 0.416 e. The molecule has 5 rings (SSSR count). The number of thioether (sulfide) groups is 1. The minimum atomic E-state index is -4.44. The molecule has 0 heterocycles. The third kappa shape index (κ3) is 5.94. The molecule has 0 spiro atoms. The molecular formula is C31H32F3NO4S. The second-order valence-electron chi connectivity index (χ2n) is 11.3. The standard InChI is InChI=1S/C31H32F3NO4S/c1-30(2,40-25-16-19-7-10-21(25)15-19)27(29(37)38)35-28(36)24-14-11-20-5-3-4-6-23(20)26(24)39-17-18-8-12-22(13-9-18)31(32,33)34/h3-6,8-9,11-14,19,21,25,27H,7,10,15-17H2,1-2H3,(H,35,36)(H,37,38)/t19?,21?,25?,27-/m1/s1. The number of nitrogens with one attached hydrogen (secondary N) is 1. The zero-order valence-electron chi connectivity index (χ0n) is 22.3. The SMILES string of the molecule is CC(C)(SC1CC2CCC1C2)[C@H](NC(=O)c1ccc2ccccc2c1OCc1ccc(C(F)(F)F)cc1)C(=O)O. The number of hydrogen-bond donors (Lipinski definition) is 2. The minimum absolute atomic E-state index is 0.0691. The lowest BCUT2D eigenvalue weighted by Gasteiger charge is -2.36. The van der Waals surface area contributed by atoms with Gasteiger partial charge in [0.15, 0.2) is 0 Å². The van der Waals surface area contributed by atoms with Crippen LogP contribution in [0.15, 0.2) is 60.7 Å². The van der Waals surface area contributed by atoms with Gasteiger partial charge in [-0.2, -0.15) is 13.2 Å². The van der Waals surface area contributed by atoms with Gasteiger partial charge in [0, 0.05) is 15.4 Å². The number of benzene rings is 3. The number of ether oxygens (including phenoxy) is 1. The maximum Gasteiger partial charge on any atom is 0.416 e. The molecule has 40 heavy (non-hydrogen) atoms. The highest BCUT2D eigenvalue weighted by Gasteiger charge is 2.46. The van der Waals surface area contributed by atoms with E-state index >= 15 is 0 Å². The average molecular weight is 572 g/mol. The van der Waals surface area contributed by atoms with Gasteiger partial charge in [0.05, 0.1) is 11.1 Å². The Bertz CT molecular complexity index is 1410. The lowest BCUT2D eigenvalue weighted by molar-refractivity contribution is -0.140. The highest BCUT2D eigenvalue weighted by Crippen LogP contribution is 2.52. The molecule has 2 aliphatic rings. The number of rotatable bonds is 9. The summed E-state index contributed by atoms with van der Waals surface area (Å²) in [6.45, 7) is 3.66. The van der Waals surface area contributed by atoms with Gasteiger partial charge in [0.25, 0.3) is 5.91 Å². The van der Waals surface area contributed by atoms with Crippen LogP contribution in [-0.2, 0) is 17.6 Å². The fraction of sp³-hybridized carbons (Fsp3) is 0.419. The maximum absolute atomic E-state index is 13.6. The van der Waals surface area contributed by atoms with E-state index in [9.17, 15) is 27.9 Å². The third-order valence-corrected chi connectivity index (χ3v) is 9.86. The highest BCUT2D eigenvalue weighted by atomic mass is 32.2. The van der Waals surface area contributed by atoms with Crippen LogP contribution in [0.25, 0.3) is 10.8 Å². The van der Waals surface area contributed by atoms with Crippen LogP contribution in [-0.4, -0.2) is 33.0 Å². The van der Waals surface area contributed by atoms with Crippen molar-refractivity contribution in [2.45, 2.75) is 68.4 Å². The van der Waals surface area contributed by atoms with Crippen LogP contribution in [0.3, 0.4) is 0 Å². The van der Waals surface area contributed by atoms with Crippen molar-refractivity contribution in [3.05, 3.63) is 77.4 Å². The van der Waals surface area contributed by atoms with E-state index in [-0.39, 0.29) is 17.9 Å². The molecule has 3 aromatic rings. The first-order valence-corrected chi connectivity index (χ1v) is 14.3. The summed E-state index contributed by atoms with van der Waals surface area (Å²) in [5.74, 6) is -0.120. The summed E-state index contributed by atoms with van der Waals surface area (Å²) in [5, 5.41) is 14.7. The quantitative estimate of drug-likeness (QED) is 0.282. The summed E-state index contributed by atoms with van der Waals surface area (Å²) >= 11 is 1.66. The number of carbonyl (C=O) groups excluding carboxylic acids is 1. The van der Waals surface area contributed by atoms with Crippen LogP contribution >= 0.6 is 11.8 Å². The number of carboxylic acids is 1. The van der Waals surface area contributed by atoms with Gasteiger partial charge < -0.3 is 15.2 Å². The fourth-order valence-corrected chi connectivity index (χ4v) is 7.94. The summed E-state index contributed by atoms with van der Waals surface area (Å²) in [4.78, 5) is 26.0. The van der Waals surface area contributed by atoms with E-state index in [2.05, 4.69) is 5.32 Å². The Morgan fingerprint density at radius 1 is 1.02 bits per heavy atom. The van der Waals surface area contributed by atoms with E-state index < -0.39 is 34.4 Å². The van der Waals surface area contributed by atoms with Gasteiger partial charge in [-0.25, -0.2) is 4.79 Å². The van der Waals surface area contributed by atoms with Crippen LogP contribution < -0.4 is 10.1 Å². The van der Waals surface area contributed by atoms with Crippen molar-refractivity contribution in [1.29, 1.82) is 0 Å². The van der Waals surface area contributed by atoms with Crippen molar-refractivity contribution in [2.24, 2.45) is 11.8 Å². The van der Waals surface area contributed by atoms with Crippen molar-refractivity contribution in [3.8, 4) is 5.75 Å². The van der Waals surface area contributed by atoms with Crippen LogP contribution in [0.4, 0.5) is 13.2 Å². The van der Waals surface area contributed by atoms with E-state index in [1.165, 1.54) is 31.4 Å². The number of halogens is 3. The highest BCUT2D eigenvalue weighted by molar-refractivity contribution is 8.01. The predicted molar refractivity (Wildman–Crippen MR) is 150 cm³/mol. The molecule has 0 aromatic heterocycles. The molecule has 2 fully saturated rings. The Hall–Kier alpha value is -3.20. The van der Waals surface area contributed by atoms with E-state index in [0.29, 0.717) is 22.1 Å². The van der Waals surface area contributed by atoms with E-state index in [1.807, 2.05) is 26.0 Å². The van der Waals surface area contributed by atoms with Crippen molar-refractivity contribution < 1.29 is 32.6 Å². The zero-order valence-corrected chi connectivity index (χ0v) is 23.1. The fourth-order valence-electron chi connectivity index (χ4n) is 6.05. The van der Waals surface area contributed by atoms with Crippen LogP contribution in [0.2, 0.25) is 0 Å². The van der Waals surface area contributed by atoms with Gasteiger partial charge >= 0.3 is 12.1 Å². The number of carboxylic acid groups (broad SMARTS) is 1. The molecular weight excluding hydrogens is 539 g/mol. The maximum atomic E-state index is 13.6. The summed E-state index contributed by atoms with van der Waals surface area (Å²) in [5.41, 5.74) is -0.0937. The third-order valence-electron chi connectivity index (χ3n) is 8.13. The lowest BCUT2D eigenvalue weighted by atomic mass is 10.00. The Balaban J connectivity index is 1.38. The summed E-state index contributed by atoms with van der Waals surface area (Å²) in [7, 11) is 0. The molecule has 0 aliphatic heterocycles. The minimum Gasteiger partial charge on any atom is -0.487 e. The van der Waals surface area contributed by atoms with Gasteiger partial charge in [-0.1, -0.05) is 48.9 Å². The van der Waals surface area contributed by atoms with Gasteiger partial charge in [0.2, 0.25) is 0 Å². The molecule has 0 saturated heterocycles. The first-order valence-electron chi connectivity index (χ1n) is 13.4. The summed E-state index contributed by atoms with van der Waals surface area (Å²) in [6, 6.07) is 14.2. The van der Waals surface area contributed by atoms with Crippen LogP contribution in [0, 0.1) is 11.8 Å². The molecule has 4 atom stereocenters. The van der Waals surface area contributed by atoms with Crippen molar-refractivity contribution >= 4 is 34.4 Å². The molecule has 2 saturated carbocycles. The van der Waals surface area contributed by atoms with E-state index in [1.54, 1.807) is 36.0 Å². The molecule has 1 amide bonds. The predicted octanol–water partition coefficient (Wildman–Crippen LogP) is 7.32. The van der Waals surface area contributed by atoms with E-state index in [4.69, 9.17) is 4.74 Å². The number of hydrogen-bond acceptors (Lipinski definition) is 4. The Morgan fingerprint density at radius 3 is 2.38 bits per heavy atom. The molecule has 2 N–H and O–H groups in total. The normalized spacial score (nSPS) is 21.4. The zero-order chi connectivity index (χ0) is 28.7. The number of amides is 1. The Morgan fingerprint density at radius 2 is 1.75 bits per heavy atom. The molecule has 9 heteroatoms. The van der Waals surface area contributed by atoms with Crippen LogP contribution in [0.5, 0.6) is 5.75 Å². The van der Waals surface area contributed by atoms with Gasteiger partial charge in [0.1, 0.15) is 18.4 Å². The van der Waals surface area contributed by atoms with Crippen molar-refractivity contribution in [1.82, 2.24) is 5.32 Å². The Labute approximate surface area is 235 Å². The first kappa shape index (κ1) is 28.3. The number of alkyl halides is 3. The number of aliphatic carboxylic acids is 1. The largest absolute Gasteiger partial charge is 0.487 e. The number of fused-ring (bicyclic) bond motifs is 3. The van der Waals surface area contributed by atoms with Gasteiger partial charge in [-0.15, -0.1) is 11.8 Å². The molecule has 3 aromatic carbocycles. The second kappa shape index (κ2) is 11.0. The lowest BCUT2D eigenvalue weighted by Crippen LogP contribution is -2.53. The topological polar surface area (TPSA) is 75.6 Å².